The molecule has 0 saturated carbocycles. The number of aromatic nitrogens is 2. The fourth-order valence-electron chi connectivity index (χ4n) is 4.99. The number of benzene rings is 3. The molecule has 0 aliphatic carbocycles. The van der Waals surface area contributed by atoms with E-state index in [-0.39, 0.29) is 13.2 Å². The lowest BCUT2D eigenvalue weighted by Gasteiger charge is -2.18. The molecule has 1 unspecified atom stereocenters. The van der Waals surface area contributed by atoms with Crippen LogP contribution in [0, 0.1) is 6.92 Å². The van der Waals surface area contributed by atoms with Gasteiger partial charge in [0, 0.05) is 18.3 Å². The minimum atomic E-state index is -1.01. The minimum Gasteiger partial charge on any atom is -0.481 e. The molecule has 2 aromatic heterocycles. The molecule has 3 heterocycles. The van der Waals surface area contributed by atoms with Crippen LogP contribution in [0.3, 0.4) is 0 Å². The van der Waals surface area contributed by atoms with Crippen LogP contribution in [0.25, 0.3) is 16.9 Å². The average Bonchev–Trinajstić information content (AvgIpc) is 3.60. The van der Waals surface area contributed by atoms with Gasteiger partial charge in [0.2, 0.25) is 6.79 Å². The maximum atomic E-state index is 13.7. The highest BCUT2D eigenvalue weighted by Gasteiger charge is 2.24. The van der Waals surface area contributed by atoms with E-state index in [1.54, 1.807) is 12.1 Å². The summed E-state index contributed by atoms with van der Waals surface area (Å²) in [5.74, 6) is 0.574. The van der Waals surface area contributed by atoms with Crippen molar-refractivity contribution in [3.8, 4) is 22.8 Å². The molecular weight excluding hydrogens is 520 g/mol. The highest BCUT2D eigenvalue weighted by atomic mass is 16.7. The third kappa shape index (κ3) is 5.42. The van der Waals surface area contributed by atoms with Gasteiger partial charge in [-0.3, -0.25) is 14.0 Å². The summed E-state index contributed by atoms with van der Waals surface area (Å²) in [6.07, 6.45) is 1.59. The van der Waals surface area contributed by atoms with E-state index in [1.807, 2.05) is 90.3 Å². The number of nitrogens with zero attached hydrogens (tertiary/aromatic N) is 2. The van der Waals surface area contributed by atoms with Gasteiger partial charge in [-0.15, -0.1) is 0 Å². The summed E-state index contributed by atoms with van der Waals surface area (Å²) in [6, 6.07) is 25.8. The van der Waals surface area contributed by atoms with Crippen LogP contribution in [0.15, 0.2) is 91.1 Å². The molecule has 0 fully saturated rings. The zero-order chi connectivity index (χ0) is 28.3. The van der Waals surface area contributed by atoms with Crippen molar-refractivity contribution in [3.63, 3.8) is 0 Å². The number of carboxylic acids is 1. The van der Waals surface area contributed by atoms with Gasteiger partial charge < -0.3 is 25.2 Å². The van der Waals surface area contributed by atoms with Crippen molar-refractivity contribution in [2.45, 2.75) is 25.9 Å². The Morgan fingerprint density at radius 2 is 1.80 bits per heavy atom. The summed E-state index contributed by atoms with van der Waals surface area (Å²) in [5.41, 5.74) is 4.98. The minimum absolute atomic E-state index is 0.159. The Kier molecular flexibility index (Phi) is 6.99. The van der Waals surface area contributed by atoms with Crippen LogP contribution in [0.4, 0.5) is 5.82 Å². The Bertz CT molecular complexity index is 1750. The van der Waals surface area contributed by atoms with E-state index in [9.17, 15) is 14.7 Å². The fourth-order valence-corrected chi connectivity index (χ4v) is 4.99. The van der Waals surface area contributed by atoms with E-state index < -0.39 is 17.9 Å². The number of carboxylic acid groups (broad SMARTS) is 1. The van der Waals surface area contributed by atoms with Gasteiger partial charge in [-0.05, 0) is 48.4 Å². The molecule has 0 saturated heterocycles. The summed E-state index contributed by atoms with van der Waals surface area (Å²) in [7, 11) is 0. The molecule has 9 nitrogen and oxygen atoms in total. The predicted molar refractivity (Wildman–Crippen MR) is 154 cm³/mol. The first-order valence-corrected chi connectivity index (χ1v) is 13.2. The number of amides is 1. The first kappa shape index (κ1) is 25.9. The lowest BCUT2D eigenvalue weighted by atomic mass is 10.0. The van der Waals surface area contributed by atoms with Gasteiger partial charge in [-0.2, -0.15) is 0 Å². The molecule has 206 valence electrons. The summed E-state index contributed by atoms with van der Waals surface area (Å²) >= 11 is 0. The molecule has 1 amide bonds. The van der Waals surface area contributed by atoms with Gasteiger partial charge in [-0.1, -0.05) is 60.2 Å². The molecule has 1 aliphatic rings. The summed E-state index contributed by atoms with van der Waals surface area (Å²) in [6.45, 7) is 2.62. The van der Waals surface area contributed by atoms with Crippen LogP contribution in [0.5, 0.6) is 11.5 Å². The van der Waals surface area contributed by atoms with Crippen molar-refractivity contribution in [1.82, 2.24) is 14.7 Å². The molecule has 41 heavy (non-hydrogen) atoms. The molecule has 1 atom stereocenters. The zero-order valence-electron chi connectivity index (χ0n) is 22.3. The van der Waals surface area contributed by atoms with Gasteiger partial charge in [0.1, 0.15) is 11.5 Å². The highest BCUT2D eigenvalue weighted by Crippen LogP contribution is 2.38. The number of nitrogens with one attached hydrogen (secondary N) is 2. The van der Waals surface area contributed by atoms with Gasteiger partial charge in [0.25, 0.3) is 5.91 Å². The molecule has 3 aromatic carbocycles. The second kappa shape index (κ2) is 11.1. The quantitative estimate of drug-likeness (QED) is 0.220. The van der Waals surface area contributed by atoms with Crippen LogP contribution in [0.1, 0.15) is 39.5 Å². The van der Waals surface area contributed by atoms with Crippen LogP contribution in [-0.4, -0.2) is 33.2 Å². The number of carbonyl (C=O) groups is 2. The first-order chi connectivity index (χ1) is 20.0. The zero-order valence-corrected chi connectivity index (χ0v) is 22.3. The highest BCUT2D eigenvalue weighted by molar-refractivity contribution is 6.01. The maximum Gasteiger partial charge on any atom is 0.305 e. The van der Waals surface area contributed by atoms with Crippen molar-refractivity contribution >= 4 is 23.3 Å². The predicted octanol–water partition coefficient (Wildman–Crippen LogP) is 5.60. The summed E-state index contributed by atoms with van der Waals surface area (Å²) < 4.78 is 12.9. The Morgan fingerprint density at radius 3 is 2.61 bits per heavy atom. The molecule has 3 N–H and O–H groups in total. The molecule has 5 aromatic rings. The monoisotopic (exact) mass is 548 g/mol. The lowest BCUT2D eigenvalue weighted by molar-refractivity contribution is -0.137. The number of ether oxygens (including phenoxy) is 2. The second-order valence-corrected chi connectivity index (χ2v) is 9.87. The van der Waals surface area contributed by atoms with Gasteiger partial charge >= 0.3 is 5.97 Å². The number of imidazole rings is 1. The number of hydrogen-bond donors (Lipinski definition) is 3. The number of pyridine rings is 1. The van der Waals surface area contributed by atoms with E-state index in [0.29, 0.717) is 40.8 Å². The Labute approximate surface area is 236 Å². The van der Waals surface area contributed by atoms with Gasteiger partial charge in [0.05, 0.1) is 18.0 Å². The average molecular weight is 549 g/mol. The number of hydrogen-bond acceptors (Lipinski definition) is 6. The molecule has 0 radical (unpaired) electrons. The molecular formula is C32H28N4O5. The van der Waals surface area contributed by atoms with Gasteiger partial charge in [-0.25, -0.2) is 4.98 Å². The SMILES string of the molecule is Cc1cccc(C(CC(=O)O)NC(=O)c2cccn3c(NCc4ccccc4)c(-c4ccc5c(c4)OCO5)nc23)c1. The van der Waals surface area contributed by atoms with E-state index >= 15 is 0 Å². The number of fused-ring (bicyclic) bond motifs is 2. The Balaban J connectivity index is 1.40. The van der Waals surface area contributed by atoms with E-state index in [1.165, 1.54) is 0 Å². The van der Waals surface area contributed by atoms with Gasteiger partial charge in [0.15, 0.2) is 17.1 Å². The van der Waals surface area contributed by atoms with Crippen molar-refractivity contribution in [3.05, 3.63) is 113 Å². The normalized spacial score (nSPS) is 12.7. The lowest BCUT2D eigenvalue weighted by Crippen LogP contribution is -2.30. The number of carbonyl (C=O) groups excluding carboxylic acids is 1. The van der Waals surface area contributed by atoms with Crippen molar-refractivity contribution in [1.29, 1.82) is 0 Å². The van der Waals surface area contributed by atoms with Crippen LogP contribution < -0.4 is 20.1 Å². The van der Waals surface area contributed by atoms with Crippen molar-refractivity contribution in [2.24, 2.45) is 0 Å². The van der Waals surface area contributed by atoms with E-state index in [0.717, 1.165) is 22.3 Å². The van der Waals surface area contributed by atoms with Crippen LogP contribution in [0.2, 0.25) is 0 Å². The summed E-state index contributed by atoms with van der Waals surface area (Å²) in [4.78, 5) is 30.3. The largest absolute Gasteiger partial charge is 0.481 e. The van der Waals surface area contributed by atoms with Crippen molar-refractivity contribution in [2.75, 3.05) is 12.1 Å². The fraction of sp³-hybridized carbons (Fsp3) is 0.156. The molecule has 1 aliphatic heterocycles. The Hall–Kier alpha value is -5.31. The third-order valence-corrected chi connectivity index (χ3v) is 6.97. The standard InChI is InChI=1S/C32H28N4O5/c1-20-7-5-10-22(15-20)25(17-28(37)38)34-32(39)24-11-6-14-36-30(24)35-29(23-12-13-26-27(16-23)41-19-40-26)31(36)33-18-21-8-3-2-4-9-21/h2-16,25,33H,17-19H2,1H3,(H,34,39)(H,37,38). The molecule has 0 spiro atoms. The van der Waals surface area contributed by atoms with Crippen LogP contribution >= 0.6 is 0 Å². The molecule has 6 rings (SSSR count). The number of rotatable bonds is 9. The molecule has 9 heteroatoms. The van der Waals surface area contributed by atoms with E-state index in [4.69, 9.17) is 14.5 Å². The van der Waals surface area contributed by atoms with Crippen LogP contribution in [-0.2, 0) is 11.3 Å². The number of aliphatic carboxylic acids is 1. The third-order valence-electron chi connectivity index (χ3n) is 6.97. The second-order valence-electron chi connectivity index (χ2n) is 9.87. The number of aryl methyl sites for hydroxylation is 1. The topological polar surface area (TPSA) is 114 Å². The summed E-state index contributed by atoms with van der Waals surface area (Å²) in [5, 5.41) is 16.0. The van der Waals surface area contributed by atoms with Crippen molar-refractivity contribution < 1.29 is 24.2 Å². The molecule has 0 bridgehead atoms. The Morgan fingerprint density at radius 1 is 0.976 bits per heavy atom. The maximum absolute atomic E-state index is 13.7. The number of anilines is 1. The first-order valence-electron chi connectivity index (χ1n) is 13.2. The smallest absolute Gasteiger partial charge is 0.305 e. The van der Waals surface area contributed by atoms with E-state index in [2.05, 4.69) is 10.6 Å².